The highest BCUT2D eigenvalue weighted by molar-refractivity contribution is 5.95. The Labute approximate surface area is 112 Å². The van der Waals surface area contributed by atoms with E-state index in [1.165, 1.54) is 18.2 Å². The van der Waals surface area contributed by atoms with Crippen LogP contribution in [0.25, 0.3) is 0 Å². The fourth-order valence-electron chi connectivity index (χ4n) is 2.33. The molecule has 0 aromatic heterocycles. The summed E-state index contributed by atoms with van der Waals surface area (Å²) in [6, 6.07) is 3.89. The molecule has 1 fully saturated rings. The lowest BCUT2D eigenvalue weighted by Crippen LogP contribution is -2.42. The summed E-state index contributed by atoms with van der Waals surface area (Å²) in [5.41, 5.74) is 0.384. The highest BCUT2D eigenvalue weighted by atomic mass is 16.3. The van der Waals surface area contributed by atoms with Crippen molar-refractivity contribution >= 4 is 5.91 Å². The van der Waals surface area contributed by atoms with Crippen molar-refractivity contribution in [3.63, 3.8) is 0 Å². The molecule has 1 aliphatic rings. The van der Waals surface area contributed by atoms with E-state index in [0.717, 1.165) is 25.9 Å². The number of benzene rings is 1. The van der Waals surface area contributed by atoms with Gasteiger partial charge in [-0.3, -0.25) is 4.79 Å². The number of piperidine rings is 1. The Hall–Kier alpha value is -1.75. The average molecular weight is 264 g/mol. The Morgan fingerprint density at radius 3 is 2.42 bits per heavy atom. The molecule has 1 heterocycles. The van der Waals surface area contributed by atoms with Crippen LogP contribution in [-0.2, 0) is 0 Å². The molecule has 0 atom stereocenters. The Morgan fingerprint density at radius 1 is 1.26 bits per heavy atom. The molecule has 0 spiro atoms. The van der Waals surface area contributed by atoms with Crippen molar-refractivity contribution in [3.8, 4) is 11.5 Å². The van der Waals surface area contributed by atoms with Crippen LogP contribution in [0.4, 0.5) is 0 Å². The van der Waals surface area contributed by atoms with Gasteiger partial charge in [0.05, 0.1) is 0 Å². The lowest BCUT2D eigenvalue weighted by Gasteiger charge is -2.34. The summed E-state index contributed by atoms with van der Waals surface area (Å²) in [7, 11) is 0. The van der Waals surface area contributed by atoms with Crippen LogP contribution in [0.15, 0.2) is 18.2 Å². The first-order valence-corrected chi connectivity index (χ1v) is 6.50. The summed E-state index contributed by atoms with van der Waals surface area (Å²) in [6.07, 6.45) is 2.05. The molecule has 5 heteroatoms. The topological polar surface area (TPSA) is 81.6 Å². The minimum absolute atomic E-state index is 0.111. The molecular weight excluding hydrogens is 244 g/mol. The van der Waals surface area contributed by atoms with E-state index in [1.54, 1.807) is 0 Å². The first-order valence-electron chi connectivity index (χ1n) is 6.50. The maximum Gasteiger partial charge on any atom is 0.251 e. The third-order valence-corrected chi connectivity index (χ3v) is 3.65. The second-order valence-electron chi connectivity index (χ2n) is 5.48. The molecular formula is C14H20N2O3. The van der Waals surface area contributed by atoms with E-state index in [4.69, 9.17) is 0 Å². The largest absolute Gasteiger partial charge is 0.508 e. The van der Waals surface area contributed by atoms with E-state index in [0.29, 0.717) is 6.54 Å². The second-order valence-corrected chi connectivity index (χ2v) is 5.48. The molecule has 0 radical (unpaired) electrons. The van der Waals surface area contributed by atoms with Gasteiger partial charge in [-0.1, -0.05) is 6.92 Å². The van der Waals surface area contributed by atoms with E-state index >= 15 is 0 Å². The number of amides is 1. The van der Waals surface area contributed by atoms with Gasteiger partial charge in [0.1, 0.15) is 11.5 Å². The van der Waals surface area contributed by atoms with Crippen molar-refractivity contribution in [2.24, 2.45) is 5.41 Å². The van der Waals surface area contributed by atoms with Crippen LogP contribution in [0, 0.1) is 5.41 Å². The molecule has 1 amide bonds. The van der Waals surface area contributed by atoms with Gasteiger partial charge in [0.15, 0.2) is 0 Å². The molecule has 0 bridgehead atoms. The maximum atomic E-state index is 12.0. The van der Waals surface area contributed by atoms with Gasteiger partial charge in [0, 0.05) is 18.2 Å². The normalized spacial score (nSPS) is 17.9. The molecule has 2 rings (SSSR count). The SMILES string of the molecule is CC1(CNC(=O)c2cc(O)cc(O)c2)CCNCC1. The van der Waals surface area contributed by atoms with Gasteiger partial charge in [-0.15, -0.1) is 0 Å². The first-order chi connectivity index (χ1) is 8.98. The number of hydrogen-bond acceptors (Lipinski definition) is 4. The predicted octanol–water partition coefficient (Wildman–Crippen LogP) is 1.22. The number of hydrogen-bond donors (Lipinski definition) is 4. The summed E-state index contributed by atoms with van der Waals surface area (Å²) < 4.78 is 0. The molecule has 5 nitrogen and oxygen atoms in total. The summed E-state index contributed by atoms with van der Waals surface area (Å²) in [4.78, 5) is 12.0. The predicted molar refractivity (Wildman–Crippen MR) is 72.3 cm³/mol. The maximum absolute atomic E-state index is 12.0. The zero-order chi connectivity index (χ0) is 13.9. The molecule has 1 aromatic carbocycles. The van der Waals surface area contributed by atoms with E-state index in [9.17, 15) is 15.0 Å². The quantitative estimate of drug-likeness (QED) is 0.661. The van der Waals surface area contributed by atoms with Crippen LogP contribution in [0.5, 0.6) is 11.5 Å². The number of carbonyl (C=O) groups excluding carboxylic acids is 1. The van der Waals surface area contributed by atoms with E-state index < -0.39 is 0 Å². The summed E-state index contributed by atoms with van der Waals surface area (Å²) in [6.45, 7) is 4.70. The molecule has 1 saturated heterocycles. The standard InChI is InChI=1S/C14H20N2O3/c1-14(2-4-15-5-3-14)9-16-13(19)10-6-11(17)8-12(18)7-10/h6-8,15,17-18H,2-5,9H2,1H3,(H,16,19). The van der Waals surface area contributed by atoms with Crippen molar-refractivity contribution in [2.45, 2.75) is 19.8 Å². The first kappa shape index (κ1) is 13.7. The number of carbonyl (C=O) groups is 1. The van der Waals surface area contributed by atoms with Crippen LogP contribution >= 0.6 is 0 Å². The molecule has 1 aliphatic heterocycles. The van der Waals surface area contributed by atoms with E-state index in [1.807, 2.05) is 0 Å². The number of aromatic hydroxyl groups is 2. The van der Waals surface area contributed by atoms with Crippen LogP contribution < -0.4 is 10.6 Å². The highest BCUT2D eigenvalue weighted by Crippen LogP contribution is 2.27. The molecule has 4 N–H and O–H groups in total. The monoisotopic (exact) mass is 264 g/mol. The number of phenolic OH excluding ortho intramolecular Hbond substituents is 2. The number of phenols is 2. The summed E-state index contributed by atoms with van der Waals surface area (Å²) in [5, 5.41) is 24.9. The highest BCUT2D eigenvalue weighted by Gasteiger charge is 2.27. The van der Waals surface area contributed by atoms with Crippen molar-refractivity contribution in [2.75, 3.05) is 19.6 Å². The molecule has 0 aliphatic carbocycles. The fourth-order valence-corrected chi connectivity index (χ4v) is 2.33. The third kappa shape index (κ3) is 3.61. The summed E-state index contributed by atoms with van der Waals surface area (Å²) in [5.74, 6) is -0.498. The van der Waals surface area contributed by atoms with Crippen molar-refractivity contribution in [3.05, 3.63) is 23.8 Å². The van der Waals surface area contributed by atoms with Gasteiger partial charge in [-0.25, -0.2) is 0 Å². The van der Waals surface area contributed by atoms with Crippen LogP contribution in [-0.4, -0.2) is 35.8 Å². The van der Waals surface area contributed by atoms with Crippen LogP contribution in [0.3, 0.4) is 0 Å². The molecule has 1 aromatic rings. The lowest BCUT2D eigenvalue weighted by molar-refractivity contribution is 0.0921. The fraction of sp³-hybridized carbons (Fsp3) is 0.500. The Kier molecular flexibility index (Phi) is 3.95. The third-order valence-electron chi connectivity index (χ3n) is 3.65. The average Bonchev–Trinajstić information content (AvgIpc) is 2.36. The number of rotatable bonds is 3. The smallest absolute Gasteiger partial charge is 0.251 e. The second kappa shape index (κ2) is 5.48. The van der Waals surface area contributed by atoms with Crippen molar-refractivity contribution in [1.82, 2.24) is 10.6 Å². The van der Waals surface area contributed by atoms with Gasteiger partial charge in [-0.2, -0.15) is 0 Å². The van der Waals surface area contributed by atoms with E-state index in [-0.39, 0.29) is 28.4 Å². The molecule has 19 heavy (non-hydrogen) atoms. The Bertz CT molecular complexity index is 448. The van der Waals surface area contributed by atoms with Gasteiger partial charge in [0.25, 0.3) is 5.91 Å². The van der Waals surface area contributed by atoms with Gasteiger partial charge in [0.2, 0.25) is 0 Å². The molecule has 0 saturated carbocycles. The van der Waals surface area contributed by atoms with Crippen molar-refractivity contribution in [1.29, 1.82) is 0 Å². The Balaban J connectivity index is 1.97. The Morgan fingerprint density at radius 2 is 1.84 bits per heavy atom. The van der Waals surface area contributed by atoms with Gasteiger partial charge >= 0.3 is 0 Å². The van der Waals surface area contributed by atoms with Gasteiger partial charge in [-0.05, 0) is 43.5 Å². The zero-order valence-electron chi connectivity index (χ0n) is 11.1. The molecule has 0 unspecified atom stereocenters. The lowest BCUT2D eigenvalue weighted by atomic mass is 9.81. The van der Waals surface area contributed by atoms with Gasteiger partial charge < -0.3 is 20.8 Å². The molecule has 104 valence electrons. The number of nitrogens with one attached hydrogen (secondary N) is 2. The van der Waals surface area contributed by atoms with Crippen LogP contribution in [0.2, 0.25) is 0 Å². The van der Waals surface area contributed by atoms with E-state index in [2.05, 4.69) is 17.6 Å². The minimum atomic E-state index is -0.272. The van der Waals surface area contributed by atoms with Crippen molar-refractivity contribution < 1.29 is 15.0 Å². The van der Waals surface area contributed by atoms with Crippen LogP contribution in [0.1, 0.15) is 30.1 Å². The summed E-state index contributed by atoms with van der Waals surface area (Å²) >= 11 is 0. The zero-order valence-corrected chi connectivity index (χ0v) is 11.1. The minimum Gasteiger partial charge on any atom is -0.508 e.